The highest BCUT2D eigenvalue weighted by Gasteiger charge is 2.18. The molecule has 2 rings (SSSR count). The summed E-state index contributed by atoms with van der Waals surface area (Å²) in [5, 5.41) is 7.13. The van der Waals surface area contributed by atoms with Gasteiger partial charge in [0.25, 0.3) is 0 Å². The van der Waals surface area contributed by atoms with Crippen LogP contribution in [0.2, 0.25) is 0 Å². The van der Waals surface area contributed by atoms with Crippen LogP contribution in [0.1, 0.15) is 31.5 Å². The maximum absolute atomic E-state index is 4.94. The maximum atomic E-state index is 4.94. The number of guanidine groups is 1. The molecule has 0 saturated carbocycles. The van der Waals surface area contributed by atoms with Crippen LogP contribution < -0.4 is 5.32 Å². The van der Waals surface area contributed by atoms with Gasteiger partial charge < -0.3 is 14.7 Å². The van der Waals surface area contributed by atoms with Crippen LogP contribution in [0.15, 0.2) is 9.52 Å². The van der Waals surface area contributed by atoms with Crippen molar-refractivity contribution < 1.29 is 4.52 Å². The lowest BCUT2D eigenvalue weighted by molar-refractivity contribution is 0.273. The second kappa shape index (κ2) is 7.66. The lowest BCUT2D eigenvalue weighted by Gasteiger charge is -2.32. The maximum Gasteiger partial charge on any atom is 0.223 e. The number of aliphatic imine (C=N–C) groups is 1. The summed E-state index contributed by atoms with van der Waals surface area (Å²) < 4.78 is 4.94. The van der Waals surface area contributed by atoms with E-state index in [2.05, 4.69) is 32.3 Å². The molecule has 108 valence electrons. The zero-order valence-electron chi connectivity index (χ0n) is 11.7. The van der Waals surface area contributed by atoms with Crippen molar-refractivity contribution >= 4 is 29.9 Å². The molecule has 1 aromatic heterocycles. The highest BCUT2D eigenvalue weighted by Crippen LogP contribution is 2.15. The minimum Gasteiger partial charge on any atom is -0.349 e. The van der Waals surface area contributed by atoms with Crippen LogP contribution in [-0.4, -0.2) is 41.1 Å². The standard InChI is InChI=1S/C12H21N5O.HI/c1-9-4-6-17(7-5-9)12(13-3)14-8-11-15-10(2)18-16-11;/h9H,4-8H2,1-3H3,(H,13,14);1H. The SMILES string of the molecule is CN=C(NCc1noc(C)n1)N1CCC(C)CC1.I. The van der Waals surface area contributed by atoms with E-state index in [1.165, 1.54) is 12.8 Å². The Labute approximate surface area is 131 Å². The van der Waals surface area contributed by atoms with Crippen molar-refractivity contribution in [2.45, 2.75) is 33.2 Å². The first-order valence-electron chi connectivity index (χ1n) is 6.44. The number of aryl methyl sites for hydroxylation is 1. The highest BCUT2D eigenvalue weighted by molar-refractivity contribution is 14.0. The van der Waals surface area contributed by atoms with E-state index < -0.39 is 0 Å². The van der Waals surface area contributed by atoms with E-state index in [4.69, 9.17) is 4.52 Å². The predicted molar refractivity (Wildman–Crippen MR) is 84.6 cm³/mol. The molecule has 0 spiro atoms. The van der Waals surface area contributed by atoms with Crippen LogP contribution in [0.5, 0.6) is 0 Å². The average Bonchev–Trinajstić information content (AvgIpc) is 2.78. The van der Waals surface area contributed by atoms with E-state index in [1.54, 1.807) is 6.92 Å². The molecule has 0 unspecified atom stereocenters. The molecule has 1 N–H and O–H groups in total. The van der Waals surface area contributed by atoms with Gasteiger partial charge in [0.15, 0.2) is 11.8 Å². The van der Waals surface area contributed by atoms with Gasteiger partial charge in [-0.15, -0.1) is 24.0 Å². The monoisotopic (exact) mass is 379 g/mol. The minimum absolute atomic E-state index is 0. The Balaban J connectivity index is 0.00000180. The lowest BCUT2D eigenvalue weighted by Crippen LogP contribution is -2.45. The molecule has 0 atom stereocenters. The quantitative estimate of drug-likeness (QED) is 0.482. The second-order valence-electron chi connectivity index (χ2n) is 4.80. The van der Waals surface area contributed by atoms with Crippen LogP contribution >= 0.6 is 24.0 Å². The Bertz CT molecular complexity index is 412. The summed E-state index contributed by atoms with van der Waals surface area (Å²) in [7, 11) is 1.81. The molecule has 1 fully saturated rings. The average molecular weight is 379 g/mol. The summed E-state index contributed by atoms with van der Waals surface area (Å²) >= 11 is 0. The first kappa shape index (κ1) is 16.2. The lowest BCUT2D eigenvalue weighted by atomic mass is 10.00. The Morgan fingerprint density at radius 1 is 1.47 bits per heavy atom. The number of nitrogens with zero attached hydrogens (tertiary/aromatic N) is 4. The normalized spacial score (nSPS) is 17.2. The Kier molecular flexibility index (Phi) is 6.53. The molecule has 0 amide bonds. The van der Waals surface area contributed by atoms with Crippen molar-refractivity contribution in [2.75, 3.05) is 20.1 Å². The van der Waals surface area contributed by atoms with E-state index in [-0.39, 0.29) is 24.0 Å². The summed E-state index contributed by atoms with van der Waals surface area (Å²) in [5.74, 6) is 3.00. The number of hydrogen-bond donors (Lipinski definition) is 1. The number of piperidine rings is 1. The Morgan fingerprint density at radius 3 is 2.68 bits per heavy atom. The zero-order valence-corrected chi connectivity index (χ0v) is 14.0. The Morgan fingerprint density at radius 2 is 2.16 bits per heavy atom. The van der Waals surface area contributed by atoms with Gasteiger partial charge in [0.05, 0.1) is 6.54 Å². The number of likely N-dealkylation sites (tertiary alicyclic amines) is 1. The third-order valence-electron chi connectivity index (χ3n) is 3.27. The van der Waals surface area contributed by atoms with Crippen molar-refractivity contribution in [3.05, 3.63) is 11.7 Å². The smallest absolute Gasteiger partial charge is 0.223 e. The second-order valence-corrected chi connectivity index (χ2v) is 4.80. The number of halogens is 1. The molecule has 1 aromatic rings. The molecule has 7 heteroatoms. The van der Waals surface area contributed by atoms with E-state index in [1.807, 2.05) is 7.05 Å². The first-order chi connectivity index (χ1) is 8.69. The fourth-order valence-corrected chi connectivity index (χ4v) is 2.12. The van der Waals surface area contributed by atoms with Crippen molar-refractivity contribution in [3.8, 4) is 0 Å². The summed E-state index contributed by atoms with van der Waals surface area (Å²) in [6.45, 7) is 6.77. The van der Waals surface area contributed by atoms with Crippen LogP contribution in [0.3, 0.4) is 0 Å². The van der Waals surface area contributed by atoms with Gasteiger partial charge in [0, 0.05) is 27.1 Å². The molecule has 1 aliphatic rings. The minimum atomic E-state index is 0. The van der Waals surface area contributed by atoms with Gasteiger partial charge in [0.2, 0.25) is 5.89 Å². The summed E-state index contributed by atoms with van der Waals surface area (Å²) in [6.07, 6.45) is 2.45. The van der Waals surface area contributed by atoms with Gasteiger partial charge in [-0.3, -0.25) is 4.99 Å². The zero-order chi connectivity index (χ0) is 13.0. The molecule has 0 radical (unpaired) electrons. The molecule has 19 heavy (non-hydrogen) atoms. The van der Waals surface area contributed by atoms with Gasteiger partial charge in [-0.25, -0.2) is 0 Å². The van der Waals surface area contributed by atoms with Gasteiger partial charge in [-0.05, 0) is 18.8 Å². The largest absolute Gasteiger partial charge is 0.349 e. The van der Waals surface area contributed by atoms with Crippen molar-refractivity contribution in [3.63, 3.8) is 0 Å². The number of nitrogens with one attached hydrogen (secondary N) is 1. The third kappa shape index (κ3) is 4.63. The molecular weight excluding hydrogens is 357 g/mol. The number of aromatic nitrogens is 2. The van der Waals surface area contributed by atoms with Gasteiger partial charge in [-0.2, -0.15) is 4.98 Å². The number of rotatable bonds is 2. The van der Waals surface area contributed by atoms with E-state index in [0.29, 0.717) is 18.3 Å². The summed E-state index contributed by atoms with van der Waals surface area (Å²) in [6, 6.07) is 0. The topological polar surface area (TPSA) is 66.5 Å². The van der Waals surface area contributed by atoms with E-state index in [9.17, 15) is 0 Å². The molecule has 0 bridgehead atoms. The summed E-state index contributed by atoms with van der Waals surface area (Å²) in [4.78, 5) is 10.7. The van der Waals surface area contributed by atoms with Gasteiger partial charge in [-0.1, -0.05) is 12.1 Å². The Hall–Kier alpha value is -0.860. The van der Waals surface area contributed by atoms with Crippen LogP contribution in [0.25, 0.3) is 0 Å². The summed E-state index contributed by atoms with van der Waals surface area (Å²) in [5.41, 5.74) is 0. The fourth-order valence-electron chi connectivity index (χ4n) is 2.12. The first-order valence-corrected chi connectivity index (χ1v) is 6.44. The molecule has 0 aromatic carbocycles. The van der Waals surface area contributed by atoms with E-state index >= 15 is 0 Å². The third-order valence-corrected chi connectivity index (χ3v) is 3.27. The molecule has 6 nitrogen and oxygen atoms in total. The van der Waals surface area contributed by atoms with Crippen molar-refractivity contribution in [1.82, 2.24) is 20.4 Å². The molecule has 1 aliphatic heterocycles. The molecule has 1 saturated heterocycles. The molecular formula is C12H22IN5O. The highest BCUT2D eigenvalue weighted by atomic mass is 127. The van der Waals surface area contributed by atoms with Crippen molar-refractivity contribution in [1.29, 1.82) is 0 Å². The van der Waals surface area contributed by atoms with Crippen LogP contribution in [0, 0.1) is 12.8 Å². The van der Waals surface area contributed by atoms with Crippen LogP contribution in [0.4, 0.5) is 0 Å². The van der Waals surface area contributed by atoms with Gasteiger partial charge >= 0.3 is 0 Å². The van der Waals surface area contributed by atoms with Crippen molar-refractivity contribution in [2.24, 2.45) is 10.9 Å². The van der Waals surface area contributed by atoms with Gasteiger partial charge in [0.1, 0.15) is 0 Å². The molecule has 0 aliphatic carbocycles. The number of hydrogen-bond acceptors (Lipinski definition) is 4. The van der Waals surface area contributed by atoms with E-state index in [0.717, 1.165) is 25.0 Å². The van der Waals surface area contributed by atoms with Crippen LogP contribution in [-0.2, 0) is 6.54 Å². The molecule has 2 heterocycles. The fraction of sp³-hybridized carbons (Fsp3) is 0.750. The predicted octanol–water partition coefficient (Wildman–Crippen LogP) is 1.80.